The number of ether oxygens (including phenoxy) is 1. The average Bonchev–Trinajstić information content (AvgIpc) is 3.37. The number of likely N-dealkylation sites (tertiary alicyclic amines) is 2. The number of carbonyl (C=O) groups is 2. The van der Waals surface area contributed by atoms with Crippen LogP contribution in [0.2, 0.25) is 0 Å². The Bertz CT molecular complexity index is 706. The number of hydrogen-bond acceptors (Lipinski definition) is 6. The van der Waals surface area contributed by atoms with Crippen LogP contribution >= 0.6 is 0 Å². The Labute approximate surface area is 144 Å². The van der Waals surface area contributed by atoms with Crippen LogP contribution in [0.5, 0.6) is 0 Å². The standard InChI is InChI=1S/C17H21N3O5/c21-8-13-1-14(18-25-13)15(22)19-4-11-6-20(7-12(11)5-19)16(23)17-2-10(3-17)9-24-17/h1,10-12,21H,2-9H2/t10?,11-,12+,17?. The number of nitrogens with zero attached hydrogens (tertiary/aromatic N) is 3. The topological polar surface area (TPSA) is 96.1 Å². The van der Waals surface area contributed by atoms with E-state index in [0.29, 0.717) is 43.9 Å². The molecule has 0 spiro atoms. The Hall–Kier alpha value is -1.93. The summed E-state index contributed by atoms with van der Waals surface area (Å²) in [7, 11) is 0. The first kappa shape index (κ1) is 15.3. The Morgan fingerprint density at radius 2 is 1.88 bits per heavy atom. The highest BCUT2D eigenvalue weighted by molar-refractivity contribution is 5.92. The van der Waals surface area contributed by atoms with Gasteiger partial charge in [0.15, 0.2) is 11.5 Å². The van der Waals surface area contributed by atoms with E-state index in [-0.39, 0.29) is 29.9 Å². The van der Waals surface area contributed by atoms with Crippen molar-refractivity contribution in [3.63, 3.8) is 0 Å². The van der Waals surface area contributed by atoms with Gasteiger partial charge in [0.2, 0.25) is 0 Å². The molecule has 2 amide bonds. The maximum absolute atomic E-state index is 12.8. The second kappa shape index (κ2) is 5.28. The van der Waals surface area contributed by atoms with Gasteiger partial charge in [-0.25, -0.2) is 0 Å². The van der Waals surface area contributed by atoms with Gasteiger partial charge in [-0.15, -0.1) is 0 Å². The molecule has 0 unspecified atom stereocenters. The van der Waals surface area contributed by atoms with Crippen LogP contribution in [0.3, 0.4) is 0 Å². The van der Waals surface area contributed by atoms with Crippen LogP contribution in [0, 0.1) is 17.8 Å². The summed E-state index contributed by atoms with van der Waals surface area (Å²) >= 11 is 0. The number of carbonyl (C=O) groups excluding carboxylic acids is 2. The maximum Gasteiger partial charge on any atom is 0.276 e. The molecule has 6 rings (SSSR count). The molecule has 0 aromatic carbocycles. The third kappa shape index (κ3) is 2.23. The highest BCUT2D eigenvalue weighted by Crippen LogP contribution is 2.50. The van der Waals surface area contributed by atoms with E-state index in [1.165, 1.54) is 6.07 Å². The van der Waals surface area contributed by atoms with Crippen molar-refractivity contribution in [3.8, 4) is 0 Å². The summed E-state index contributed by atoms with van der Waals surface area (Å²) in [6, 6.07) is 1.48. The Balaban J connectivity index is 1.22. The molecule has 5 fully saturated rings. The second-order valence-electron chi connectivity index (χ2n) is 7.86. The fourth-order valence-corrected chi connectivity index (χ4v) is 4.89. The molecule has 4 aliphatic heterocycles. The number of fused-ring (bicyclic) bond motifs is 2. The highest BCUT2D eigenvalue weighted by Gasteiger charge is 2.59. The van der Waals surface area contributed by atoms with E-state index < -0.39 is 5.60 Å². The summed E-state index contributed by atoms with van der Waals surface area (Å²) in [5.41, 5.74) is -0.295. The zero-order valence-corrected chi connectivity index (χ0v) is 13.9. The molecule has 134 valence electrons. The predicted octanol–water partition coefficient (Wildman–Crippen LogP) is -0.124. The third-order valence-electron chi connectivity index (χ3n) is 6.22. The maximum atomic E-state index is 12.8. The van der Waals surface area contributed by atoms with E-state index in [4.69, 9.17) is 14.4 Å². The van der Waals surface area contributed by atoms with Crippen LogP contribution in [0.4, 0.5) is 0 Å². The Morgan fingerprint density at radius 1 is 1.20 bits per heavy atom. The molecule has 2 bridgehead atoms. The molecule has 1 aliphatic carbocycles. The normalized spacial score (nSPS) is 35.8. The minimum atomic E-state index is -0.528. The van der Waals surface area contributed by atoms with E-state index in [0.717, 1.165) is 19.4 Å². The van der Waals surface area contributed by atoms with Crippen molar-refractivity contribution in [1.29, 1.82) is 0 Å². The molecule has 2 atom stereocenters. The lowest BCUT2D eigenvalue weighted by molar-refractivity contribution is -0.154. The molecule has 5 aliphatic rings. The Morgan fingerprint density at radius 3 is 2.44 bits per heavy atom. The van der Waals surface area contributed by atoms with Gasteiger partial charge in [-0.2, -0.15) is 0 Å². The molecule has 8 heteroatoms. The summed E-state index contributed by atoms with van der Waals surface area (Å²) in [5, 5.41) is 12.7. The smallest absolute Gasteiger partial charge is 0.276 e. The molecule has 4 saturated heterocycles. The van der Waals surface area contributed by atoms with Crippen LogP contribution in [-0.4, -0.2) is 70.3 Å². The minimum Gasteiger partial charge on any atom is -0.388 e. The number of aromatic nitrogens is 1. The van der Waals surface area contributed by atoms with Crippen molar-refractivity contribution in [2.75, 3.05) is 32.8 Å². The quantitative estimate of drug-likeness (QED) is 0.819. The van der Waals surface area contributed by atoms with E-state index in [1.54, 1.807) is 4.90 Å². The van der Waals surface area contributed by atoms with Crippen LogP contribution in [0.1, 0.15) is 29.1 Å². The zero-order chi connectivity index (χ0) is 17.2. The predicted molar refractivity (Wildman–Crippen MR) is 83.3 cm³/mol. The molecular formula is C17H21N3O5. The van der Waals surface area contributed by atoms with Gasteiger partial charge in [0.05, 0.1) is 6.61 Å². The van der Waals surface area contributed by atoms with Gasteiger partial charge in [-0.3, -0.25) is 9.59 Å². The van der Waals surface area contributed by atoms with Crippen molar-refractivity contribution in [2.24, 2.45) is 17.8 Å². The van der Waals surface area contributed by atoms with Crippen molar-refractivity contribution in [1.82, 2.24) is 15.0 Å². The molecule has 8 nitrogen and oxygen atoms in total. The minimum absolute atomic E-state index is 0.151. The lowest BCUT2D eigenvalue weighted by Crippen LogP contribution is -2.52. The van der Waals surface area contributed by atoms with E-state index in [2.05, 4.69) is 5.16 Å². The van der Waals surface area contributed by atoms with E-state index in [1.807, 2.05) is 4.90 Å². The van der Waals surface area contributed by atoms with Gasteiger partial charge in [0.25, 0.3) is 11.8 Å². The van der Waals surface area contributed by atoms with Gasteiger partial charge < -0.3 is 24.2 Å². The van der Waals surface area contributed by atoms with Gasteiger partial charge in [-0.05, 0) is 18.8 Å². The van der Waals surface area contributed by atoms with Crippen molar-refractivity contribution in [3.05, 3.63) is 17.5 Å². The molecule has 5 heterocycles. The van der Waals surface area contributed by atoms with Gasteiger partial charge in [-0.1, -0.05) is 5.16 Å². The van der Waals surface area contributed by atoms with E-state index >= 15 is 0 Å². The monoisotopic (exact) mass is 347 g/mol. The number of amides is 2. The van der Waals surface area contributed by atoms with Crippen LogP contribution in [-0.2, 0) is 16.1 Å². The summed E-state index contributed by atoms with van der Waals surface area (Å²) in [5.74, 6) is 1.46. The number of rotatable bonds is 3. The molecule has 1 N–H and O–H groups in total. The SMILES string of the molecule is O=C(c1cc(CO)on1)N1C[C@@H]2CN(C(=O)C34CC(CO3)C4)C[C@@H]2C1. The largest absolute Gasteiger partial charge is 0.388 e. The van der Waals surface area contributed by atoms with Crippen molar-refractivity contribution in [2.45, 2.75) is 25.0 Å². The number of aliphatic hydroxyl groups is 1. The molecule has 1 aromatic heterocycles. The molecule has 1 saturated carbocycles. The van der Waals surface area contributed by atoms with E-state index in [9.17, 15) is 9.59 Å². The first-order valence-electron chi connectivity index (χ1n) is 8.87. The summed E-state index contributed by atoms with van der Waals surface area (Å²) in [6.45, 7) is 3.11. The lowest BCUT2D eigenvalue weighted by Gasteiger charge is -2.37. The summed E-state index contributed by atoms with van der Waals surface area (Å²) in [6.07, 6.45) is 1.75. The molecular weight excluding hydrogens is 326 g/mol. The first-order valence-corrected chi connectivity index (χ1v) is 8.87. The Kier molecular flexibility index (Phi) is 3.24. The average molecular weight is 347 g/mol. The fraction of sp³-hybridized carbons (Fsp3) is 0.706. The summed E-state index contributed by atoms with van der Waals surface area (Å²) < 4.78 is 10.6. The zero-order valence-electron chi connectivity index (χ0n) is 13.9. The number of aliphatic hydroxyl groups excluding tert-OH is 1. The van der Waals surface area contributed by atoms with Crippen LogP contribution in [0.25, 0.3) is 0 Å². The van der Waals surface area contributed by atoms with Gasteiger partial charge in [0.1, 0.15) is 12.2 Å². The fourth-order valence-electron chi connectivity index (χ4n) is 4.89. The first-order chi connectivity index (χ1) is 12.1. The molecule has 1 aromatic rings. The third-order valence-corrected chi connectivity index (χ3v) is 6.22. The second-order valence-corrected chi connectivity index (χ2v) is 7.86. The lowest BCUT2D eigenvalue weighted by atomic mass is 9.74. The van der Waals surface area contributed by atoms with Crippen LogP contribution in [0.15, 0.2) is 10.6 Å². The number of hydrogen-bond donors (Lipinski definition) is 1. The van der Waals surface area contributed by atoms with Gasteiger partial charge in [0, 0.05) is 44.1 Å². The van der Waals surface area contributed by atoms with Crippen molar-refractivity contribution >= 4 is 11.8 Å². The molecule has 0 radical (unpaired) electrons. The van der Waals surface area contributed by atoms with Gasteiger partial charge >= 0.3 is 0 Å². The van der Waals surface area contributed by atoms with Crippen LogP contribution < -0.4 is 0 Å². The molecule has 25 heavy (non-hydrogen) atoms. The highest BCUT2D eigenvalue weighted by atomic mass is 16.5. The summed E-state index contributed by atoms with van der Waals surface area (Å²) in [4.78, 5) is 29.0. The van der Waals surface area contributed by atoms with Crippen molar-refractivity contribution < 1.29 is 24.0 Å².